The summed E-state index contributed by atoms with van der Waals surface area (Å²) in [6.45, 7) is 0. The summed E-state index contributed by atoms with van der Waals surface area (Å²) in [6, 6.07) is 8.16. The van der Waals surface area contributed by atoms with E-state index >= 15 is 0 Å². The Morgan fingerprint density at radius 2 is 2.18 bits per heavy atom. The number of benzene rings is 1. The topological polar surface area (TPSA) is 60.2 Å². The summed E-state index contributed by atoms with van der Waals surface area (Å²) in [5, 5.41) is 12.5. The van der Waals surface area contributed by atoms with Crippen molar-refractivity contribution in [2.75, 3.05) is 0 Å². The van der Waals surface area contributed by atoms with Gasteiger partial charge in [0.05, 0.1) is 9.13 Å². The molecule has 0 N–H and O–H groups in total. The van der Waals surface area contributed by atoms with Crippen LogP contribution in [-0.2, 0) is 0 Å². The van der Waals surface area contributed by atoms with Gasteiger partial charge in [-0.15, -0.1) is 11.3 Å². The molecule has 0 atom stereocenters. The van der Waals surface area contributed by atoms with Crippen molar-refractivity contribution in [3.05, 3.63) is 51.4 Å². The van der Waals surface area contributed by atoms with Gasteiger partial charge in [-0.2, -0.15) is 0 Å². The molecule has 0 fully saturated rings. The monoisotopic (exact) mass is 265 g/mol. The fourth-order valence-electron chi connectivity index (χ4n) is 1.26. The Hall–Kier alpha value is -1.66. The van der Waals surface area contributed by atoms with E-state index in [2.05, 4.69) is 0 Å². The Balaban J connectivity index is 2.34. The van der Waals surface area contributed by atoms with Crippen LogP contribution in [0.3, 0.4) is 0 Å². The lowest BCUT2D eigenvalue weighted by Crippen LogP contribution is -1.91. The van der Waals surface area contributed by atoms with Crippen LogP contribution in [0.1, 0.15) is 10.4 Å². The van der Waals surface area contributed by atoms with Gasteiger partial charge in [0.1, 0.15) is 0 Å². The minimum atomic E-state index is -0.507. The van der Waals surface area contributed by atoms with Crippen LogP contribution >= 0.6 is 23.1 Å². The summed E-state index contributed by atoms with van der Waals surface area (Å²) in [5.41, 5.74) is 0.278. The molecule has 0 aliphatic rings. The SMILES string of the molecule is O=Cc1cc([N+](=O)[O-])ccc1Sc1cccs1. The van der Waals surface area contributed by atoms with E-state index in [9.17, 15) is 14.9 Å². The predicted octanol–water partition coefficient (Wildman–Crippen LogP) is 3.62. The maximum Gasteiger partial charge on any atom is 0.270 e. The number of carbonyl (C=O) groups is 1. The maximum atomic E-state index is 10.9. The number of thiophene rings is 1. The van der Waals surface area contributed by atoms with Gasteiger partial charge < -0.3 is 0 Å². The molecule has 2 aromatic rings. The average Bonchev–Trinajstić information content (AvgIpc) is 2.82. The molecule has 0 spiro atoms. The molecule has 1 aromatic carbocycles. The zero-order chi connectivity index (χ0) is 12.3. The van der Waals surface area contributed by atoms with E-state index in [1.807, 2.05) is 17.5 Å². The van der Waals surface area contributed by atoms with Crippen LogP contribution in [0.5, 0.6) is 0 Å². The number of carbonyl (C=O) groups excluding carboxylic acids is 1. The van der Waals surface area contributed by atoms with Gasteiger partial charge in [0, 0.05) is 22.6 Å². The summed E-state index contributed by atoms with van der Waals surface area (Å²) in [6.07, 6.45) is 0.642. The molecule has 6 heteroatoms. The number of hydrogen-bond donors (Lipinski definition) is 0. The van der Waals surface area contributed by atoms with Crippen molar-refractivity contribution in [3.8, 4) is 0 Å². The second-order valence-electron chi connectivity index (χ2n) is 3.13. The Bertz CT molecular complexity index is 552. The van der Waals surface area contributed by atoms with Crippen LogP contribution in [0, 0.1) is 10.1 Å². The third kappa shape index (κ3) is 2.72. The van der Waals surface area contributed by atoms with Crippen molar-refractivity contribution in [1.29, 1.82) is 0 Å². The van der Waals surface area contributed by atoms with Crippen molar-refractivity contribution in [1.82, 2.24) is 0 Å². The number of nitro groups is 1. The van der Waals surface area contributed by atoms with Gasteiger partial charge in [-0.25, -0.2) is 0 Å². The van der Waals surface area contributed by atoms with E-state index in [1.165, 1.54) is 23.9 Å². The lowest BCUT2D eigenvalue weighted by Gasteiger charge is -2.02. The Labute approximate surface area is 105 Å². The normalized spacial score (nSPS) is 10.1. The third-order valence-electron chi connectivity index (χ3n) is 2.04. The smallest absolute Gasteiger partial charge is 0.270 e. The number of rotatable bonds is 4. The highest BCUT2D eigenvalue weighted by atomic mass is 32.2. The second-order valence-corrected chi connectivity index (χ2v) is 5.42. The molecule has 0 saturated carbocycles. The van der Waals surface area contributed by atoms with Gasteiger partial charge in [-0.05, 0) is 17.5 Å². The van der Waals surface area contributed by atoms with Gasteiger partial charge in [-0.1, -0.05) is 17.8 Å². The molecule has 4 nitrogen and oxygen atoms in total. The zero-order valence-corrected chi connectivity index (χ0v) is 10.2. The van der Waals surface area contributed by atoms with E-state index in [0.29, 0.717) is 11.8 Å². The molecule has 1 heterocycles. The third-order valence-corrected chi connectivity index (χ3v) is 4.17. The van der Waals surface area contributed by atoms with Crippen molar-refractivity contribution in [3.63, 3.8) is 0 Å². The number of non-ortho nitro benzene ring substituents is 1. The van der Waals surface area contributed by atoms with Gasteiger partial charge in [0.2, 0.25) is 0 Å². The molecule has 0 bridgehead atoms. The van der Waals surface area contributed by atoms with E-state index in [4.69, 9.17) is 0 Å². The highest BCUT2D eigenvalue weighted by Crippen LogP contribution is 2.34. The number of hydrogen-bond acceptors (Lipinski definition) is 5. The first-order valence-electron chi connectivity index (χ1n) is 4.65. The van der Waals surface area contributed by atoms with Crippen molar-refractivity contribution in [2.45, 2.75) is 9.10 Å². The van der Waals surface area contributed by atoms with Crippen molar-refractivity contribution < 1.29 is 9.72 Å². The molecule has 2 rings (SSSR count). The molecular formula is C11H7NO3S2. The molecule has 0 radical (unpaired) electrons. The summed E-state index contributed by atoms with van der Waals surface area (Å²) in [4.78, 5) is 21.7. The van der Waals surface area contributed by atoms with Gasteiger partial charge in [0.15, 0.2) is 6.29 Å². The van der Waals surface area contributed by atoms with Gasteiger partial charge in [0.25, 0.3) is 5.69 Å². The summed E-state index contributed by atoms with van der Waals surface area (Å²) < 4.78 is 1.04. The fourth-order valence-corrected chi connectivity index (χ4v) is 3.07. The maximum absolute atomic E-state index is 10.9. The molecule has 0 aliphatic heterocycles. The van der Waals surface area contributed by atoms with E-state index in [0.717, 1.165) is 9.10 Å². The van der Waals surface area contributed by atoms with Crippen molar-refractivity contribution in [2.24, 2.45) is 0 Å². The van der Waals surface area contributed by atoms with Crippen LogP contribution in [0.15, 0.2) is 44.8 Å². The molecule has 17 heavy (non-hydrogen) atoms. The Kier molecular flexibility index (Phi) is 3.55. The van der Waals surface area contributed by atoms with Crippen LogP contribution in [0.2, 0.25) is 0 Å². The molecule has 86 valence electrons. The second kappa shape index (κ2) is 5.11. The van der Waals surface area contributed by atoms with Crippen LogP contribution in [-0.4, -0.2) is 11.2 Å². The summed E-state index contributed by atoms with van der Waals surface area (Å²) in [7, 11) is 0. The van der Waals surface area contributed by atoms with Crippen molar-refractivity contribution >= 4 is 35.1 Å². The Morgan fingerprint density at radius 1 is 1.35 bits per heavy atom. The first-order valence-corrected chi connectivity index (χ1v) is 6.35. The minimum Gasteiger partial charge on any atom is -0.298 e. The van der Waals surface area contributed by atoms with Crippen LogP contribution in [0.4, 0.5) is 5.69 Å². The quantitative estimate of drug-likeness (QED) is 0.481. The summed E-state index contributed by atoms with van der Waals surface area (Å²) in [5.74, 6) is 0. The minimum absolute atomic E-state index is 0.0670. The Morgan fingerprint density at radius 3 is 2.76 bits per heavy atom. The molecule has 0 unspecified atom stereocenters. The largest absolute Gasteiger partial charge is 0.298 e. The van der Waals surface area contributed by atoms with Crippen LogP contribution < -0.4 is 0 Å². The predicted molar refractivity (Wildman–Crippen MR) is 66.9 cm³/mol. The average molecular weight is 265 g/mol. The number of nitro benzene ring substituents is 1. The molecule has 0 amide bonds. The molecule has 1 aromatic heterocycles. The lowest BCUT2D eigenvalue weighted by molar-refractivity contribution is -0.384. The van der Waals surface area contributed by atoms with Gasteiger partial charge >= 0.3 is 0 Å². The highest BCUT2D eigenvalue weighted by Gasteiger charge is 2.11. The molecule has 0 saturated heterocycles. The fraction of sp³-hybridized carbons (Fsp3) is 0. The van der Waals surface area contributed by atoms with E-state index < -0.39 is 4.92 Å². The zero-order valence-electron chi connectivity index (χ0n) is 8.53. The number of nitrogens with zero attached hydrogens (tertiary/aromatic N) is 1. The first kappa shape index (κ1) is 11.8. The van der Waals surface area contributed by atoms with Gasteiger partial charge in [-0.3, -0.25) is 14.9 Å². The highest BCUT2D eigenvalue weighted by molar-refractivity contribution is 8.01. The number of aldehydes is 1. The van der Waals surface area contributed by atoms with E-state index in [-0.39, 0.29) is 5.69 Å². The molecular weight excluding hydrogens is 258 g/mol. The molecule has 0 aliphatic carbocycles. The van der Waals surface area contributed by atoms with Crippen LogP contribution in [0.25, 0.3) is 0 Å². The first-order chi connectivity index (χ1) is 8.20. The standard InChI is InChI=1S/C11H7NO3S2/c13-7-8-6-9(12(14)15)3-4-10(8)17-11-2-1-5-16-11/h1-7H. The lowest BCUT2D eigenvalue weighted by atomic mass is 10.2. The summed E-state index contributed by atoms with van der Waals surface area (Å²) >= 11 is 2.99. The van der Waals surface area contributed by atoms with E-state index in [1.54, 1.807) is 17.4 Å².